The minimum Gasteiger partial charge on any atom is -0.443 e. The summed E-state index contributed by atoms with van der Waals surface area (Å²) in [5, 5.41) is 7.14. The van der Waals surface area contributed by atoms with E-state index in [-0.39, 0.29) is 18.3 Å². The molecule has 0 radical (unpaired) electrons. The van der Waals surface area contributed by atoms with E-state index in [0.717, 1.165) is 16.7 Å². The van der Waals surface area contributed by atoms with E-state index in [1.54, 1.807) is 29.2 Å². The van der Waals surface area contributed by atoms with Crippen LogP contribution in [-0.4, -0.2) is 27.6 Å². The van der Waals surface area contributed by atoms with Crippen LogP contribution in [0.4, 0.5) is 4.79 Å². The van der Waals surface area contributed by atoms with Gasteiger partial charge in [0.15, 0.2) is 0 Å². The van der Waals surface area contributed by atoms with Gasteiger partial charge in [-0.1, -0.05) is 84.9 Å². The topological polar surface area (TPSA) is 112 Å². The molecule has 0 saturated carbocycles. The molecule has 8 heteroatoms. The third-order valence-electron chi connectivity index (χ3n) is 5.20. The number of amides is 2. The molecule has 0 aliphatic heterocycles. The Kier molecular flexibility index (Phi) is 7.65. The van der Waals surface area contributed by atoms with Gasteiger partial charge in [0.25, 0.3) is 5.91 Å². The summed E-state index contributed by atoms with van der Waals surface area (Å²) < 4.78 is 6.85. The number of rotatable bonds is 8. The minimum absolute atomic E-state index is 0.0597. The van der Waals surface area contributed by atoms with Gasteiger partial charge in [0.2, 0.25) is 0 Å². The van der Waals surface area contributed by atoms with Crippen LogP contribution >= 0.6 is 0 Å². The Labute approximate surface area is 203 Å². The van der Waals surface area contributed by atoms with Crippen LogP contribution < -0.4 is 11.1 Å². The number of amidine groups is 1. The molecule has 4 rings (SSSR count). The first-order chi connectivity index (χ1) is 17.1. The number of hydrogen-bond donors (Lipinski definition) is 2. The summed E-state index contributed by atoms with van der Waals surface area (Å²) in [6, 6.07) is 26.3. The normalized spacial score (nSPS) is 11.1. The Hall–Kier alpha value is -4.72. The highest BCUT2D eigenvalue weighted by Crippen LogP contribution is 2.08. The number of aromatic nitrogens is 2. The summed E-state index contributed by atoms with van der Waals surface area (Å²) in [6.07, 6.45) is 2.52. The van der Waals surface area contributed by atoms with E-state index in [0.29, 0.717) is 24.2 Å². The van der Waals surface area contributed by atoms with Gasteiger partial charge < -0.3 is 15.8 Å². The Balaban J connectivity index is 1.27. The zero-order valence-electron chi connectivity index (χ0n) is 19.0. The number of aliphatic imine (C=N–C) groups is 1. The number of nitrogens with one attached hydrogen (secondary N) is 1. The van der Waals surface area contributed by atoms with Crippen molar-refractivity contribution in [1.29, 1.82) is 0 Å². The number of nitrogens with zero attached hydrogens (tertiary/aromatic N) is 3. The molecule has 176 valence electrons. The van der Waals surface area contributed by atoms with E-state index >= 15 is 0 Å². The van der Waals surface area contributed by atoms with Crippen LogP contribution in [0.25, 0.3) is 0 Å². The van der Waals surface area contributed by atoms with Gasteiger partial charge >= 0.3 is 6.09 Å². The van der Waals surface area contributed by atoms with Gasteiger partial charge in [0.05, 0.1) is 18.3 Å². The van der Waals surface area contributed by atoms with Crippen molar-refractivity contribution in [2.45, 2.75) is 19.7 Å². The Morgan fingerprint density at radius 1 is 0.857 bits per heavy atom. The number of benzene rings is 3. The van der Waals surface area contributed by atoms with Crippen LogP contribution in [-0.2, 0) is 24.4 Å². The summed E-state index contributed by atoms with van der Waals surface area (Å²) >= 11 is 0. The molecule has 35 heavy (non-hydrogen) atoms. The zero-order chi connectivity index (χ0) is 24.5. The van der Waals surface area contributed by atoms with Crippen molar-refractivity contribution in [3.63, 3.8) is 0 Å². The lowest BCUT2D eigenvalue weighted by molar-refractivity contribution is 0.0950. The van der Waals surface area contributed by atoms with Gasteiger partial charge in [-0.3, -0.25) is 9.48 Å². The zero-order valence-corrected chi connectivity index (χ0v) is 19.0. The average Bonchev–Trinajstić information content (AvgIpc) is 3.36. The molecule has 3 aromatic carbocycles. The Bertz CT molecular complexity index is 1300. The van der Waals surface area contributed by atoms with Crippen LogP contribution in [0, 0.1) is 0 Å². The maximum atomic E-state index is 12.5. The molecule has 1 aromatic heterocycles. The Morgan fingerprint density at radius 3 is 2.20 bits per heavy atom. The first-order valence-electron chi connectivity index (χ1n) is 11.1. The van der Waals surface area contributed by atoms with Crippen molar-refractivity contribution in [2.24, 2.45) is 10.7 Å². The second-order valence-corrected chi connectivity index (χ2v) is 7.83. The van der Waals surface area contributed by atoms with Crippen molar-refractivity contribution >= 4 is 17.8 Å². The largest absolute Gasteiger partial charge is 0.443 e. The maximum absolute atomic E-state index is 12.5. The van der Waals surface area contributed by atoms with Crippen molar-refractivity contribution < 1.29 is 14.3 Å². The summed E-state index contributed by atoms with van der Waals surface area (Å²) in [5.41, 5.74) is 9.86. The highest BCUT2D eigenvalue weighted by Gasteiger charge is 2.10. The van der Waals surface area contributed by atoms with Crippen molar-refractivity contribution in [2.75, 3.05) is 0 Å². The van der Waals surface area contributed by atoms with Crippen LogP contribution in [0.1, 0.15) is 32.6 Å². The molecule has 0 fully saturated rings. The quantitative estimate of drug-likeness (QED) is 0.302. The van der Waals surface area contributed by atoms with E-state index in [1.165, 1.54) is 0 Å². The second kappa shape index (κ2) is 11.4. The SMILES string of the molecule is N/C(=N\C(=O)OCc1ccccc1)c1ccc(CNC(=O)c2cnn(Cc3ccccc3)c2)cc1. The maximum Gasteiger partial charge on any atom is 0.435 e. The lowest BCUT2D eigenvalue weighted by Crippen LogP contribution is -2.22. The van der Waals surface area contributed by atoms with Crippen molar-refractivity contribution in [1.82, 2.24) is 15.1 Å². The summed E-state index contributed by atoms with van der Waals surface area (Å²) in [6.45, 7) is 1.05. The lowest BCUT2D eigenvalue weighted by Gasteiger charge is -2.06. The van der Waals surface area contributed by atoms with Gasteiger partial charge in [-0.15, -0.1) is 0 Å². The molecule has 0 atom stereocenters. The number of carbonyl (C=O) groups excluding carboxylic acids is 2. The van der Waals surface area contributed by atoms with Crippen LogP contribution in [0.3, 0.4) is 0 Å². The monoisotopic (exact) mass is 467 g/mol. The van der Waals surface area contributed by atoms with Crippen LogP contribution in [0.2, 0.25) is 0 Å². The van der Waals surface area contributed by atoms with Crippen LogP contribution in [0.5, 0.6) is 0 Å². The number of hydrogen-bond acceptors (Lipinski definition) is 4. The molecule has 0 unspecified atom stereocenters. The fourth-order valence-electron chi connectivity index (χ4n) is 3.33. The van der Waals surface area contributed by atoms with E-state index in [1.807, 2.05) is 72.8 Å². The molecular formula is C27H25N5O3. The number of nitrogens with two attached hydrogens (primary N) is 1. The molecule has 2 amide bonds. The molecule has 0 spiro atoms. The lowest BCUT2D eigenvalue weighted by atomic mass is 10.1. The van der Waals surface area contributed by atoms with Crippen molar-refractivity contribution in [3.05, 3.63) is 125 Å². The molecule has 0 bridgehead atoms. The third kappa shape index (κ3) is 6.88. The molecule has 1 heterocycles. The third-order valence-corrected chi connectivity index (χ3v) is 5.20. The van der Waals surface area contributed by atoms with Gasteiger partial charge in [-0.25, -0.2) is 4.79 Å². The van der Waals surface area contributed by atoms with E-state index < -0.39 is 6.09 Å². The van der Waals surface area contributed by atoms with E-state index in [4.69, 9.17) is 10.5 Å². The summed E-state index contributed by atoms with van der Waals surface area (Å²) in [7, 11) is 0. The predicted octanol–water partition coefficient (Wildman–Crippen LogP) is 3.90. The predicted molar refractivity (Wildman–Crippen MR) is 133 cm³/mol. The molecule has 4 aromatic rings. The molecular weight excluding hydrogens is 442 g/mol. The molecule has 0 aliphatic rings. The van der Waals surface area contributed by atoms with E-state index in [9.17, 15) is 9.59 Å². The smallest absolute Gasteiger partial charge is 0.435 e. The highest BCUT2D eigenvalue weighted by molar-refractivity contribution is 6.02. The molecule has 0 saturated heterocycles. The molecule has 3 N–H and O–H groups in total. The van der Waals surface area contributed by atoms with Gasteiger partial charge in [-0.2, -0.15) is 10.1 Å². The number of carbonyl (C=O) groups is 2. The number of ether oxygens (including phenoxy) is 1. The fraction of sp³-hybridized carbons (Fsp3) is 0.111. The second-order valence-electron chi connectivity index (χ2n) is 7.83. The first-order valence-corrected chi connectivity index (χ1v) is 11.1. The minimum atomic E-state index is -0.754. The van der Waals surface area contributed by atoms with E-state index in [2.05, 4.69) is 15.4 Å². The first kappa shape index (κ1) is 23.4. The summed E-state index contributed by atoms with van der Waals surface area (Å²) in [5.74, 6) is -0.153. The average molecular weight is 468 g/mol. The summed E-state index contributed by atoms with van der Waals surface area (Å²) in [4.78, 5) is 28.2. The fourth-order valence-corrected chi connectivity index (χ4v) is 3.33. The Morgan fingerprint density at radius 2 is 1.51 bits per heavy atom. The standard InChI is InChI=1S/C27H25N5O3/c28-25(31-27(34)35-19-22-9-5-2-6-10-22)23-13-11-20(12-14-23)15-29-26(33)24-16-30-32(18-24)17-21-7-3-1-4-8-21/h1-14,16,18H,15,17,19H2,(H,29,33)(H2,28,31,34). The highest BCUT2D eigenvalue weighted by atomic mass is 16.5. The van der Waals surface area contributed by atoms with Crippen molar-refractivity contribution in [3.8, 4) is 0 Å². The van der Waals surface area contributed by atoms with Crippen LogP contribution in [0.15, 0.2) is 102 Å². The van der Waals surface area contributed by atoms with Gasteiger partial charge in [0, 0.05) is 18.3 Å². The molecule has 0 aliphatic carbocycles. The molecule has 8 nitrogen and oxygen atoms in total. The van der Waals surface area contributed by atoms with Gasteiger partial charge in [-0.05, 0) is 16.7 Å². The van der Waals surface area contributed by atoms with Gasteiger partial charge in [0.1, 0.15) is 12.4 Å².